The summed E-state index contributed by atoms with van der Waals surface area (Å²) in [6.07, 6.45) is 5.44. The number of ketones is 1. The molecule has 1 saturated carbocycles. The van der Waals surface area contributed by atoms with Gasteiger partial charge in [0.25, 0.3) is 5.56 Å². The smallest absolute Gasteiger partial charge is 0.262 e. The maximum absolute atomic E-state index is 13.1. The highest BCUT2D eigenvalue weighted by atomic mass is 35.5. The van der Waals surface area contributed by atoms with Crippen LogP contribution in [0.4, 0.5) is 0 Å². The van der Waals surface area contributed by atoms with Crippen molar-refractivity contribution in [3.63, 3.8) is 0 Å². The van der Waals surface area contributed by atoms with Gasteiger partial charge in [-0.1, -0.05) is 29.8 Å². The van der Waals surface area contributed by atoms with E-state index in [1.807, 2.05) is 0 Å². The Hall–Kier alpha value is -1.37. The van der Waals surface area contributed by atoms with Crippen LogP contribution in [0.3, 0.4) is 0 Å². The molecule has 2 aliphatic rings. The standard InChI is InChI=1S/C19H21ClN2O3S/c20-12-7-8-14-15(10-12)21-19(26-17-6-2-1-5-16(17)23)22(18(14)24)11-13-4-3-9-25-13/h7-8,10,13,17H,1-6,9,11H2/t13-,17-/m1/s1. The fraction of sp³-hybridized carbons (Fsp3) is 0.526. The maximum Gasteiger partial charge on any atom is 0.262 e. The van der Waals surface area contributed by atoms with Gasteiger partial charge in [-0.3, -0.25) is 14.2 Å². The molecule has 1 aromatic carbocycles. The number of fused-ring (bicyclic) bond motifs is 1. The minimum atomic E-state index is -0.122. The van der Waals surface area contributed by atoms with Crippen LogP contribution in [-0.2, 0) is 16.1 Å². The Kier molecular flexibility index (Phi) is 5.34. The Morgan fingerprint density at radius 1 is 1.23 bits per heavy atom. The van der Waals surface area contributed by atoms with Gasteiger partial charge in [0, 0.05) is 18.1 Å². The van der Waals surface area contributed by atoms with Gasteiger partial charge >= 0.3 is 0 Å². The van der Waals surface area contributed by atoms with Crippen LogP contribution in [0.5, 0.6) is 0 Å². The summed E-state index contributed by atoms with van der Waals surface area (Å²) in [5.74, 6) is 0.255. The lowest BCUT2D eigenvalue weighted by Gasteiger charge is -2.22. The second-order valence-corrected chi connectivity index (χ2v) is 8.53. The highest BCUT2D eigenvalue weighted by Crippen LogP contribution is 2.31. The number of nitrogens with zero attached hydrogens (tertiary/aromatic N) is 2. The van der Waals surface area contributed by atoms with Crippen molar-refractivity contribution in [3.8, 4) is 0 Å². The minimum absolute atomic E-state index is 0.0284. The van der Waals surface area contributed by atoms with Crippen LogP contribution in [0, 0.1) is 0 Å². The van der Waals surface area contributed by atoms with Crippen molar-refractivity contribution in [1.82, 2.24) is 9.55 Å². The summed E-state index contributed by atoms with van der Waals surface area (Å²) >= 11 is 7.51. The lowest BCUT2D eigenvalue weighted by atomic mass is 9.99. The number of aromatic nitrogens is 2. The Bertz CT molecular complexity index is 892. The summed E-state index contributed by atoms with van der Waals surface area (Å²) in [5.41, 5.74) is 0.491. The third-order valence-corrected chi connectivity index (χ3v) is 6.58. The van der Waals surface area contributed by atoms with Crippen LogP contribution in [0.25, 0.3) is 10.9 Å². The highest BCUT2D eigenvalue weighted by Gasteiger charge is 2.27. The monoisotopic (exact) mass is 392 g/mol. The van der Waals surface area contributed by atoms with Gasteiger partial charge in [0.05, 0.1) is 28.8 Å². The molecular weight excluding hydrogens is 372 g/mol. The van der Waals surface area contributed by atoms with E-state index in [9.17, 15) is 9.59 Å². The zero-order chi connectivity index (χ0) is 18.1. The molecule has 2 atom stereocenters. The molecule has 0 amide bonds. The van der Waals surface area contributed by atoms with E-state index < -0.39 is 0 Å². The van der Waals surface area contributed by atoms with E-state index in [1.54, 1.807) is 22.8 Å². The van der Waals surface area contributed by atoms with E-state index in [2.05, 4.69) is 0 Å². The predicted molar refractivity (Wildman–Crippen MR) is 103 cm³/mol. The van der Waals surface area contributed by atoms with Gasteiger partial charge in [0.1, 0.15) is 5.78 Å². The van der Waals surface area contributed by atoms with Crippen molar-refractivity contribution >= 4 is 40.0 Å². The SMILES string of the molecule is O=C1CCCC[C@H]1Sc1nc2cc(Cl)ccc2c(=O)n1C[C@H]1CCCO1. The summed E-state index contributed by atoms with van der Waals surface area (Å²) in [4.78, 5) is 30.1. The fourth-order valence-corrected chi connectivity index (χ4v) is 5.01. The van der Waals surface area contributed by atoms with E-state index in [0.29, 0.717) is 34.0 Å². The number of carbonyl (C=O) groups excluding carboxylic acids is 1. The van der Waals surface area contributed by atoms with E-state index >= 15 is 0 Å². The van der Waals surface area contributed by atoms with Crippen molar-refractivity contribution in [2.24, 2.45) is 0 Å². The van der Waals surface area contributed by atoms with E-state index in [1.165, 1.54) is 11.8 Å². The van der Waals surface area contributed by atoms with Crippen LogP contribution in [-0.4, -0.2) is 33.3 Å². The van der Waals surface area contributed by atoms with Crippen LogP contribution in [0.1, 0.15) is 38.5 Å². The average Bonchev–Trinajstić information content (AvgIpc) is 3.13. The number of hydrogen-bond acceptors (Lipinski definition) is 5. The van der Waals surface area contributed by atoms with Gasteiger partial charge in [-0.2, -0.15) is 0 Å². The summed E-state index contributed by atoms with van der Waals surface area (Å²) in [6.45, 7) is 1.22. The lowest BCUT2D eigenvalue weighted by molar-refractivity contribution is -0.119. The summed E-state index contributed by atoms with van der Waals surface area (Å²) in [5, 5.41) is 1.57. The number of halogens is 1. The number of carbonyl (C=O) groups is 1. The van der Waals surface area contributed by atoms with Gasteiger partial charge < -0.3 is 4.74 Å². The van der Waals surface area contributed by atoms with Crippen molar-refractivity contribution < 1.29 is 9.53 Å². The summed E-state index contributed by atoms with van der Waals surface area (Å²) < 4.78 is 7.42. The molecule has 1 aliphatic heterocycles. The zero-order valence-electron chi connectivity index (χ0n) is 14.4. The molecule has 2 fully saturated rings. The van der Waals surface area contributed by atoms with Gasteiger partial charge in [-0.05, 0) is 43.9 Å². The highest BCUT2D eigenvalue weighted by molar-refractivity contribution is 8.00. The second-order valence-electron chi connectivity index (χ2n) is 6.93. The molecule has 1 saturated heterocycles. The normalized spacial score (nSPS) is 23.7. The van der Waals surface area contributed by atoms with Crippen molar-refractivity contribution in [1.29, 1.82) is 0 Å². The third-order valence-electron chi connectivity index (χ3n) is 5.04. The van der Waals surface area contributed by atoms with Crippen LogP contribution in [0.15, 0.2) is 28.2 Å². The zero-order valence-corrected chi connectivity index (χ0v) is 16.0. The van der Waals surface area contributed by atoms with E-state index in [0.717, 1.165) is 38.7 Å². The molecule has 1 aliphatic carbocycles. The number of ether oxygens (including phenoxy) is 1. The summed E-state index contributed by atoms with van der Waals surface area (Å²) in [6, 6.07) is 5.14. The first-order chi connectivity index (χ1) is 12.6. The van der Waals surface area contributed by atoms with Crippen LogP contribution < -0.4 is 5.56 Å². The van der Waals surface area contributed by atoms with E-state index in [-0.39, 0.29) is 22.7 Å². The molecule has 138 valence electrons. The molecular formula is C19H21ClN2O3S. The van der Waals surface area contributed by atoms with Gasteiger partial charge in [-0.25, -0.2) is 4.98 Å². The van der Waals surface area contributed by atoms with Crippen LogP contribution in [0.2, 0.25) is 5.02 Å². The quantitative estimate of drug-likeness (QED) is 0.740. The number of hydrogen-bond donors (Lipinski definition) is 0. The maximum atomic E-state index is 13.1. The molecule has 1 aromatic heterocycles. The largest absolute Gasteiger partial charge is 0.376 e. The number of Topliss-reactive ketones (excluding diaryl/α,β-unsaturated/α-hetero) is 1. The average molecular weight is 393 g/mol. The third kappa shape index (κ3) is 3.68. The van der Waals surface area contributed by atoms with Gasteiger partial charge in [-0.15, -0.1) is 0 Å². The van der Waals surface area contributed by atoms with Crippen molar-refractivity contribution in [2.45, 2.75) is 61.6 Å². The molecule has 4 rings (SSSR count). The Labute approximate surface area is 161 Å². The number of benzene rings is 1. The van der Waals surface area contributed by atoms with Crippen LogP contribution >= 0.6 is 23.4 Å². The molecule has 2 heterocycles. The molecule has 0 spiro atoms. The first-order valence-electron chi connectivity index (χ1n) is 9.13. The molecule has 0 unspecified atom stereocenters. The minimum Gasteiger partial charge on any atom is -0.376 e. The number of thioether (sulfide) groups is 1. The fourth-order valence-electron chi connectivity index (χ4n) is 3.62. The predicted octanol–water partition coefficient (Wildman–Crippen LogP) is 3.83. The Morgan fingerprint density at radius 3 is 2.88 bits per heavy atom. The van der Waals surface area contributed by atoms with E-state index in [4.69, 9.17) is 21.3 Å². The molecule has 0 bridgehead atoms. The topological polar surface area (TPSA) is 61.2 Å². The molecule has 0 radical (unpaired) electrons. The first kappa shape index (κ1) is 18.0. The molecule has 7 heteroatoms. The molecule has 5 nitrogen and oxygen atoms in total. The van der Waals surface area contributed by atoms with Crippen molar-refractivity contribution in [3.05, 3.63) is 33.6 Å². The van der Waals surface area contributed by atoms with Gasteiger partial charge in [0.15, 0.2) is 5.16 Å². The number of rotatable bonds is 4. The van der Waals surface area contributed by atoms with Crippen molar-refractivity contribution in [2.75, 3.05) is 6.61 Å². The first-order valence-corrected chi connectivity index (χ1v) is 10.4. The lowest BCUT2D eigenvalue weighted by Crippen LogP contribution is -2.30. The molecule has 2 aromatic rings. The Morgan fingerprint density at radius 2 is 2.12 bits per heavy atom. The summed E-state index contributed by atoms with van der Waals surface area (Å²) in [7, 11) is 0. The second kappa shape index (κ2) is 7.71. The Balaban J connectivity index is 1.76. The molecule has 26 heavy (non-hydrogen) atoms. The molecule has 0 N–H and O–H groups in total. The van der Waals surface area contributed by atoms with Gasteiger partial charge in [0.2, 0.25) is 0 Å².